The van der Waals surface area contributed by atoms with Gasteiger partial charge < -0.3 is 5.32 Å². The van der Waals surface area contributed by atoms with Gasteiger partial charge in [0.2, 0.25) is 5.95 Å². The third-order valence-electron chi connectivity index (χ3n) is 6.58. The van der Waals surface area contributed by atoms with E-state index in [9.17, 15) is 0 Å². The smallest absolute Gasteiger partial charge is 0.209 e. The van der Waals surface area contributed by atoms with E-state index in [2.05, 4.69) is 36.0 Å². The van der Waals surface area contributed by atoms with Crippen LogP contribution in [0.15, 0.2) is 55.1 Å². The Kier molecular flexibility index (Phi) is 6.23. The van der Waals surface area contributed by atoms with E-state index in [1.54, 1.807) is 12.4 Å². The Morgan fingerprint density at radius 2 is 1.82 bits per heavy atom. The van der Waals surface area contributed by atoms with Crippen molar-refractivity contribution < 1.29 is 0 Å². The minimum atomic E-state index is -0.104. The largest absolute Gasteiger partial charge is 0.349 e. The van der Waals surface area contributed by atoms with Crippen LogP contribution in [-0.2, 0) is 0 Å². The molecule has 1 aliphatic rings. The van der Waals surface area contributed by atoms with Gasteiger partial charge in [-0.05, 0) is 70.0 Å². The molecular weight excluding hydrogens is 467 g/mol. The number of likely N-dealkylation sites (tertiary alicyclic amines) is 1. The predicted octanol–water partition coefficient (Wildman–Crippen LogP) is 6.44. The molecule has 1 aromatic carbocycles. The van der Waals surface area contributed by atoms with Crippen LogP contribution in [0, 0.1) is 0 Å². The lowest BCUT2D eigenvalue weighted by Crippen LogP contribution is -2.53. The summed E-state index contributed by atoms with van der Waals surface area (Å²) in [5.74, 6) is 0.774. The van der Waals surface area contributed by atoms with Crippen molar-refractivity contribution in [1.29, 1.82) is 0 Å². The van der Waals surface area contributed by atoms with Crippen LogP contribution in [-0.4, -0.2) is 48.9 Å². The molecule has 0 spiro atoms. The molecule has 0 amide bonds. The number of anilines is 1. The highest BCUT2D eigenvalue weighted by Gasteiger charge is 2.33. The number of nitrogens with zero attached hydrogens (tertiary/aromatic N) is 5. The zero-order valence-corrected chi connectivity index (χ0v) is 21.1. The summed E-state index contributed by atoms with van der Waals surface area (Å²) in [6, 6.07) is 10.1. The van der Waals surface area contributed by atoms with Crippen LogP contribution in [0.5, 0.6) is 0 Å². The van der Waals surface area contributed by atoms with E-state index in [1.807, 2.05) is 47.1 Å². The maximum atomic E-state index is 6.40. The van der Waals surface area contributed by atoms with Crippen molar-refractivity contribution in [2.75, 3.05) is 18.4 Å². The molecule has 1 fully saturated rings. The summed E-state index contributed by atoms with van der Waals surface area (Å²) in [7, 11) is 0. The summed E-state index contributed by atoms with van der Waals surface area (Å²) < 4.78 is 2.03. The lowest BCUT2D eigenvalue weighted by molar-refractivity contribution is 0.137. The number of nitrogens with one attached hydrogen (secondary N) is 1. The molecule has 4 heterocycles. The van der Waals surface area contributed by atoms with E-state index >= 15 is 0 Å². The first kappa shape index (κ1) is 23.1. The molecule has 1 N–H and O–H groups in total. The van der Waals surface area contributed by atoms with Gasteiger partial charge in [-0.15, -0.1) is 0 Å². The summed E-state index contributed by atoms with van der Waals surface area (Å²) in [5.41, 5.74) is 4.30. The molecule has 0 aliphatic carbocycles. The normalized spacial score (nSPS) is 19.1. The summed E-state index contributed by atoms with van der Waals surface area (Å²) >= 11 is 12.6. The molecule has 1 atom stereocenters. The number of imidazole rings is 1. The van der Waals surface area contributed by atoms with Gasteiger partial charge in [0.25, 0.3) is 0 Å². The topological polar surface area (TPSA) is 58.3 Å². The molecule has 0 radical (unpaired) electrons. The van der Waals surface area contributed by atoms with Gasteiger partial charge >= 0.3 is 0 Å². The maximum Gasteiger partial charge on any atom is 0.209 e. The fraction of sp³-hybridized carbons (Fsp3) is 0.346. The van der Waals surface area contributed by atoms with Crippen molar-refractivity contribution in [1.82, 2.24) is 24.3 Å². The van der Waals surface area contributed by atoms with E-state index in [0.29, 0.717) is 16.1 Å². The van der Waals surface area contributed by atoms with Crippen molar-refractivity contribution in [3.8, 4) is 22.4 Å². The summed E-state index contributed by atoms with van der Waals surface area (Å²) in [6.07, 6.45) is 9.54. The SMILES string of the molecule is CC(C)N1CCCC(C)(Nc2nc(-c3ccncc3)c(-c3ccc(Cl)c(Cl)c3)c3nccn23)C1. The molecule has 0 saturated carbocycles. The van der Waals surface area contributed by atoms with Gasteiger partial charge in [0, 0.05) is 42.9 Å². The Bertz CT molecular complexity index is 1320. The second-order valence-electron chi connectivity index (χ2n) is 9.50. The van der Waals surface area contributed by atoms with E-state index in [0.717, 1.165) is 59.9 Å². The molecule has 3 aromatic heterocycles. The van der Waals surface area contributed by atoms with Crippen LogP contribution in [0.4, 0.5) is 5.95 Å². The maximum absolute atomic E-state index is 6.40. The van der Waals surface area contributed by atoms with E-state index in [-0.39, 0.29) is 5.54 Å². The van der Waals surface area contributed by atoms with Gasteiger partial charge in [-0.1, -0.05) is 29.3 Å². The molecule has 176 valence electrons. The van der Waals surface area contributed by atoms with Crippen molar-refractivity contribution in [2.45, 2.75) is 45.2 Å². The highest BCUT2D eigenvalue weighted by Crippen LogP contribution is 2.38. The number of aromatic nitrogens is 4. The van der Waals surface area contributed by atoms with Gasteiger partial charge in [-0.25, -0.2) is 9.97 Å². The van der Waals surface area contributed by atoms with Crippen molar-refractivity contribution in [3.63, 3.8) is 0 Å². The summed E-state index contributed by atoms with van der Waals surface area (Å²) in [6.45, 7) is 8.88. The Labute approximate surface area is 210 Å². The van der Waals surface area contributed by atoms with Gasteiger partial charge in [-0.2, -0.15) is 0 Å². The molecule has 8 heteroatoms. The Hall–Kier alpha value is -2.67. The molecule has 1 saturated heterocycles. The van der Waals surface area contributed by atoms with Crippen LogP contribution in [0.1, 0.15) is 33.6 Å². The Balaban J connectivity index is 1.68. The number of hydrogen-bond donors (Lipinski definition) is 1. The molecular formula is C26H28Cl2N6. The number of fused-ring (bicyclic) bond motifs is 1. The van der Waals surface area contributed by atoms with Crippen LogP contribution in [0.3, 0.4) is 0 Å². The third kappa shape index (κ3) is 4.38. The average Bonchev–Trinajstić information content (AvgIpc) is 3.31. The second kappa shape index (κ2) is 9.17. The third-order valence-corrected chi connectivity index (χ3v) is 7.32. The molecule has 6 nitrogen and oxygen atoms in total. The van der Waals surface area contributed by atoms with Crippen molar-refractivity contribution >= 4 is 34.8 Å². The predicted molar refractivity (Wildman–Crippen MR) is 140 cm³/mol. The minimum absolute atomic E-state index is 0.104. The molecule has 1 aliphatic heterocycles. The fourth-order valence-corrected chi connectivity index (χ4v) is 5.09. The first-order valence-corrected chi connectivity index (χ1v) is 12.4. The molecule has 1 unspecified atom stereocenters. The fourth-order valence-electron chi connectivity index (χ4n) is 4.80. The Morgan fingerprint density at radius 3 is 2.56 bits per heavy atom. The van der Waals surface area contributed by atoms with E-state index in [4.69, 9.17) is 33.2 Å². The number of piperidine rings is 1. The van der Waals surface area contributed by atoms with Gasteiger partial charge in [0.1, 0.15) is 5.65 Å². The number of hydrogen-bond acceptors (Lipinski definition) is 5. The Morgan fingerprint density at radius 1 is 1.03 bits per heavy atom. The lowest BCUT2D eigenvalue weighted by atomic mass is 9.90. The highest BCUT2D eigenvalue weighted by atomic mass is 35.5. The number of benzene rings is 1. The first-order chi connectivity index (χ1) is 16.3. The zero-order valence-electron chi connectivity index (χ0n) is 19.6. The van der Waals surface area contributed by atoms with Gasteiger partial charge in [0.05, 0.1) is 26.8 Å². The molecule has 5 rings (SSSR count). The average molecular weight is 495 g/mol. The monoisotopic (exact) mass is 494 g/mol. The first-order valence-electron chi connectivity index (χ1n) is 11.6. The van der Waals surface area contributed by atoms with Crippen LogP contribution >= 0.6 is 23.2 Å². The minimum Gasteiger partial charge on any atom is -0.349 e. The quantitative estimate of drug-likeness (QED) is 0.345. The number of rotatable bonds is 5. The summed E-state index contributed by atoms with van der Waals surface area (Å²) in [5, 5.41) is 4.80. The lowest BCUT2D eigenvalue weighted by Gasteiger charge is -2.43. The van der Waals surface area contributed by atoms with Crippen LogP contribution in [0.25, 0.3) is 28.0 Å². The van der Waals surface area contributed by atoms with E-state index < -0.39 is 0 Å². The van der Waals surface area contributed by atoms with Crippen LogP contribution in [0.2, 0.25) is 10.0 Å². The molecule has 34 heavy (non-hydrogen) atoms. The van der Waals surface area contributed by atoms with E-state index in [1.165, 1.54) is 0 Å². The standard InChI is InChI=1S/C26H28Cl2N6/c1-17(2)33-13-4-9-26(3,16-33)32-25-31-23(18-7-10-29-11-8-18)22(24-30-12-14-34(24)25)19-5-6-20(27)21(28)15-19/h5-8,10-12,14-15,17H,4,9,13,16H2,1-3H3,(H,31,32). The van der Waals surface area contributed by atoms with Gasteiger partial charge in [-0.3, -0.25) is 14.3 Å². The molecule has 4 aromatic rings. The number of pyridine rings is 1. The zero-order chi connectivity index (χ0) is 23.9. The second-order valence-corrected chi connectivity index (χ2v) is 10.3. The van der Waals surface area contributed by atoms with Crippen molar-refractivity contribution in [2.24, 2.45) is 0 Å². The van der Waals surface area contributed by atoms with Crippen molar-refractivity contribution in [3.05, 3.63) is 65.2 Å². The number of halogens is 2. The van der Waals surface area contributed by atoms with Crippen LogP contribution < -0.4 is 5.32 Å². The summed E-state index contributed by atoms with van der Waals surface area (Å²) in [4.78, 5) is 16.6. The van der Waals surface area contributed by atoms with Gasteiger partial charge in [0.15, 0.2) is 0 Å². The highest BCUT2D eigenvalue weighted by molar-refractivity contribution is 6.42. The molecule has 0 bridgehead atoms.